The number of ether oxygens (including phenoxy) is 1. The van der Waals surface area contributed by atoms with Crippen molar-refractivity contribution in [1.29, 1.82) is 0 Å². The van der Waals surface area contributed by atoms with E-state index >= 15 is 0 Å². The number of hydrogen-bond donors (Lipinski definition) is 2. The fourth-order valence-corrected chi connectivity index (χ4v) is 1.02. The van der Waals surface area contributed by atoms with Crippen molar-refractivity contribution in [3.63, 3.8) is 0 Å². The van der Waals surface area contributed by atoms with Gasteiger partial charge in [-0.15, -0.1) is 0 Å². The van der Waals surface area contributed by atoms with Crippen molar-refractivity contribution in [3.05, 3.63) is 29.8 Å². The maximum absolute atomic E-state index is 8.57. The lowest BCUT2D eigenvalue weighted by Crippen LogP contribution is -1.92. The lowest BCUT2D eigenvalue weighted by atomic mass is 10.2. The van der Waals surface area contributed by atoms with Crippen molar-refractivity contribution in [3.8, 4) is 5.75 Å². The fraction of sp³-hybridized carbons (Fsp3) is 0.200. The third-order valence-electron chi connectivity index (χ3n) is 1.67. The molecule has 0 aliphatic rings. The summed E-state index contributed by atoms with van der Waals surface area (Å²) in [5.74, 6) is 0.653. The molecule has 0 atom stereocenters. The monoisotopic (exact) mass is 179 g/mol. The molecule has 0 aliphatic heterocycles. The van der Waals surface area contributed by atoms with E-state index in [2.05, 4.69) is 0 Å². The van der Waals surface area contributed by atoms with E-state index in [0.29, 0.717) is 11.4 Å². The molecule has 0 aromatic heterocycles. The van der Waals surface area contributed by atoms with Gasteiger partial charge in [-0.25, -0.2) is 0 Å². The van der Waals surface area contributed by atoms with Crippen molar-refractivity contribution in [2.75, 3.05) is 19.5 Å². The van der Waals surface area contributed by atoms with Crippen LogP contribution in [-0.2, 0) is 0 Å². The SMILES string of the molecule is COc1cc(C=CCO)ccc1N. The number of aliphatic hydroxyl groups excluding tert-OH is 1. The van der Waals surface area contributed by atoms with E-state index in [-0.39, 0.29) is 6.61 Å². The van der Waals surface area contributed by atoms with Crippen LogP contribution in [0.3, 0.4) is 0 Å². The summed E-state index contributed by atoms with van der Waals surface area (Å²) < 4.78 is 5.04. The van der Waals surface area contributed by atoms with Gasteiger partial charge < -0.3 is 15.6 Å². The van der Waals surface area contributed by atoms with Gasteiger partial charge in [-0.3, -0.25) is 0 Å². The van der Waals surface area contributed by atoms with E-state index in [1.807, 2.05) is 18.2 Å². The second-order valence-electron chi connectivity index (χ2n) is 2.59. The van der Waals surface area contributed by atoms with Crippen LogP contribution in [0.4, 0.5) is 5.69 Å². The van der Waals surface area contributed by atoms with E-state index in [1.54, 1.807) is 19.3 Å². The Morgan fingerprint density at radius 3 is 2.92 bits per heavy atom. The van der Waals surface area contributed by atoms with Crippen LogP contribution in [0.2, 0.25) is 0 Å². The molecule has 70 valence electrons. The van der Waals surface area contributed by atoms with Crippen molar-refractivity contribution < 1.29 is 9.84 Å². The number of rotatable bonds is 3. The molecule has 1 aromatic rings. The smallest absolute Gasteiger partial charge is 0.142 e. The van der Waals surface area contributed by atoms with Gasteiger partial charge in [0, 0.05) is 0 Å². The Labute approximate surface area is 77.4 Å². The number of nitrogens with two attached hydrogens (primary N) is 1. The highest BCUT2D eigenvalue weighted by atomic mass is 16.5. The van der Waals surface area contributed by atoms with Gasteiger partial charge in [-0.05, 0) is 17.7 Å². The van der Waals surface area contributed by atoms with Crippen LogP contribution in [0, 0.1) is 0 Å². The molecular weight excluding hydrogens is 166 g/mol. The second-order valence-corrected chi connectivity index (χ2v) is 2.59. The van der Waals surface area contributed by atoms with Crippen molar-refractivity contribution in [1.82, 2.24) is 0 Å². The summed E-state index contributed by atoms with van der Waals surface area (Å²) in [6.45, 7) is 0.0344. The standard InChI is InChI=1S/C10H13NO2/c1-13-10-7-8(3-2-6-12)4-5-9(10)11/h2-5,7,12H,6,11H2,1H3. The summed E-state index contributed by atoms with van der Waals surface area (Å²) in [7, 11) is 1.57. The van der Waals surface area contributed by atoms with Crippen molar-refractivity contribution >= 4 is 11.8 Å². The number of nitrogen functional groups attached to an aromatic ring is 1. The molecule has 0 amide bonds. The highest BCUT2D eigenvalue weighted by Gasteiger charge is 1.97. The van der Waals surface area contributed by atoms with Gasteiger partial charge in [0.25, 0.3) is 0 Å². The molecule has 0 saturated carbocycles. The molecule has 0 heterocycles. The highest BCUT2D eigenvalue weighted by Crippen LogP contribution is 2.22. The van der Waals surface area contributed by atoms with Crippen LogP contribution >= 0.6 is 0 Å². The summed E-state index contributed by atoms with van der Waals surface area (Å²) in [6, 6.07) is 5.46. The van der Waals surface area contributed by atoms with Gasteiger partial charge >= 0.3 is 0 Å². The maximum Gasteiger partial charge on any atom is 0.142 e. The lowest BCUT2D eigenvalue weighted by Gasteiger charge is -2.04. The predicted octanol–water partition coefficient (Wildman–Crippen LogP) is 1.28. The highest BCUT2D eigenvalue weighted by molar-refractivity contribution is 5.61. The molecule has 1 aromatic carbocycles. The second kappa shape index (κ2) is 4.52. The third kappa shape index (κ3) is 2.49. The topological polar surface area (TPSA) is 55.5 Å². The molecule has 0 fully saturated rings. The van der Waals surface area contributed by atoms with Gasteiger partial charge in [0.1, 0.15) is 5.75 Å². The van der Waals surface area contributed by atoms with Gasteiger partial charge in [0.05, 0.1) is 19.4 Å². The average Bonchev–Trinajstić information content (AvgIpc) is 2.16. The Hall–Kier alpha value is -1.48. The van der Waals surface area contributed by atoms with Crippen LogP contribution in [-0.4, -0.2) is 18.8 Å². The Balaban J connectivity index is 2.92. The summed E-state index contributed by atoms with van der Waals surface area (Å²) >= 11 is 0. The van der Waals surface area contributed by atoms with Gasteiger partial charge in [0.2, 0.25) is 0 Å². The fourth-order valence-electron chi connectivity index (χ4n) is 1.02. The van der Waals surface area contributed by atoms with Gasteiger partial charge in [0.15, 0.2) is 0 Å². The first-order valence-corrected chi connectivity index (χ1v) is 3.99. The van der Waals surface area contributed by atoms with Crippen LogP contribution in [0.5, 0.6) is 5.75 Å². The minimum absolute atomic E-state index is 0.0344. The molecule has 3 nitrogen and oxygen atoms in total. The van der Waals surface area contributed by atoms with E-state index in [0.717, 1.165) is 5.56 Å². The van der Waals surface area contributed by atoms with E-state index in [1.165, 1.54) is 0 Å². The summed E-state index contributed by atoms with van der Waals surface area (Å²) in [5.41, 5.74) is 7.20. The first-order valence-electron chi connectivity index (χ1n) is 3.99. The summed E-state index contributed by atoms with van der Waals surface area (Å²) in [5, 5.41) is 8.57. The minimum Gasteiger partial charge on any atom is -0.495 e. The third-order valence-corrected chi connectivity index (χ3v) is 1.67. The van der Waals surface area contributed by atoms with Crippen LogP contribution < -0.4 is 10.5 Å². The van der Waals surface area contributed by atoms with E-state index < -0.39 is 0 Å². The van der Waals surface area contributed by atoms with E-state index in [9.17, 15) is 0 Å². The zero-order valence-corrected chi connectivity index (χ0v) is 7.53. The summed E-state index contributed by atoms with van der Waals surface area (Å²) in [6.07, 6.45) is 3.47. The minimum atomic E-state index is 0.0344. The number of hydrogen-bond acceptors (Lipinski definition) is 3. The molecule has 13 heavy (non-hydrogen) atoms. The number of benzene rings is 1. The number of anilines is 1. The normalized spacial score (nSPS) is 10.6. The van der Waals surface area contributed by atoms with Crippen molar-refractivity contribution in [2.45, 2.75) is 0 Å². The summed E-state index contributed by atoms with van der Waals surface area (Å²) in [4.78, 5) is 0. The van der Waals surface area contributed by atoms with Gasteiger partial charge in [-0.1, -0.05) is 18.2 Å². The zero-order valence-electron chi connectivity index (χ0n) is 7.53. The molecule has 0 saturated heterocycles. The Kier molecular flexibility index (Phi) is 3.34. The first-order chi connectivity index (χ1) is 6.27. The molecule has 0 aliphatic carbocycles. The largest absolute Gasteiger partial charge is 0.495 e. The van der Waals surface area contributed by atoms with Crippen LogP contribution in [0.1, 0.15) is 5.56 Å². The van der Waals surface area contributed by atoms with E-state index in [4.69, 9.17) is 15.6 Å². The molecule has 0 unspecified atom stereocenters. The Bertz CT molecular complexity index is 308. The van der Waals surface area contributed by atoms with Crippen molar-refractivity contribution in [2.24, 2.45) is 0 Å². The average molecular weight is 179 g/mol. The molecule has 0 spiro atoms. The van der Waals surface area contributed by atoms with Gasteiger partial charge in [-0.2, -0.15) is 0 Å². The van der Waals surface area contributed by atoms with Crippen LogP contribution in [0.15, 0.2) is 24.3 Å². The zero-order chi connectivity index (χ0) is 9.68. The molecule has 1 rings (SSSR count). The maximum atomic E-state index is 8.57. The number of aliphatic hydroxyl groups is 1. The Morgan fingerprint density at radius 2 is 2.31 bits per heavy atom. The molecule has 3 heteroatoms. The molecule has 0 radical (unpaired) electrons. The molecule has 0 bridgehead atoms. The quantitative estimate of drug-likeness (QED) is 0.687. The van der Waals surface area contributed by atoms with Crippen LogP contribution in [0.25, 0.3) is 6.08 Å². The molecular formula is C10H13NO2. The molecule has 3 N–H and O–H groups in total. The first kappa shape index (κ1) is 9.61. The number of methoxy groups -OCH3 is 1. The predicted molar refractivity (Wildman–Crippen MR) is 53.5 cm³/mol. The Morgan fingerprint density at radius 1 is 1.54 bits per heavy atom. The lowest BCUT2D eigenvalue weighted by molar-refractivity contribution is 0.343.